The van der Waals surface area contributed by atoms with E-state index in [1.165, 1.54) is 45.8 Å². The van der Waals surface area contributed by atoms with Crippen LogP contribution in [0, 0.1) is 12.8 Å². The Kier molecular flexibility index (Phi) is 7.39. The van der Waals surface area contributed by atoms with Gasteiger partial charge in [-0.15, -0.1) is 0 Å². The lowest BCUT2D eigenvalue weighted by Gasteiger charge is -2.31. The van der Waals surface area contributed by atoms with Crippen LogP contribution in [0.1, 0.15) is 36.8 Å². The Morgan fingerprint density at radius 2 is 1.88 bits per heavy atom. The van der Waals surface area contributed by atoms with Crippen LogP contribution in [0.4, 0.5) is 5.69 Å². The minimum Gasteiger partial charge on any atom is -0.381 e. The number of para-hydroxylation sites is 1. The lowest BCUT2D eigenvalue weighted by molar-refractivity contribution is 0.0576. The molecule has 1 saturated carbocycles. The van der Waals surface area contributed by atoms with Gasteiger partial charge in [-0.2, -0.15) is 0 Å². The summed E-state index contributed by atoms with van der Waals surface area (Å²) in [6.45, 7) is 6.57. The fraction of sp³-hybridized carbons (Fsp3) is 0.310. The number of allylic oxidation sites excluding steroid dienone is 4. The van der Waals surface area contributed by atoms with Gasteiger partial charge in [0.1, 0.15) is 0 Å². The minimum atomic E-state index is 0.341. The molecule has 2 unspecified atom stereocenters. The summed E-state index contributed by atoms with van der Waals surface area (Å²) >= 11 is 1.76. The number of likely N-dealkylation sites (N-methyl/N-ethyl adjacent to an activating group) is 1. The molecule has 2 aromatic rings. The summed E-state index contributed by atoms with van der Waals surface area (Å²) in [7, 11) is 4.00. The highest BCUT2D eigenvalue weighted by atomic mass is 32.2. The minimum absolute atomic E-state index is 0.341. The van der Waals surface area contributed by atoms with Crippen LogP contribution < -0.4 is 4.90 Å². The van der Waals surface area contributed by atoms with Crippen molar-refractivity contribution in [3.63, 3.8) is 0 Å². The number of rotatable bonds is 6. The smallest absolute Gasteiger partial charge is 0.0577 e. The number of fused-ring (bicyclic) bond motifs is 1. The molecule has 0 radical (unpaired) electrons. The van der Waals surface area contributed by atoms with Crippen molar-refractivity contribution >= 4 is 23.5 Å². The highest BCUT2D eigenvalue weighted by molar-refractivity contribution is 8.03. The Hall–Kier alpha value is -2.49. The van der Waals surface area contributed by atoms with Gasteiger partial charge in [0.15, 0.2) is 0 Å². The number of hydrogen-bond donors (Lipinski definition) is 0. The van der Waals surface area contributed by atoms with Gasteiger partial charge in [-0.05, 0) is 79.2 Å². The first kappa shape index (κ1) is 22.7. The number of thioether (sulfide) groups is 1. The zero-order chi connectivity index (χ0) is 22.5. The molecular formula is C29H33NOS. The van der Waals surface area contributed by atoms with Gasteiger partial charge < -0.3 is 9.64 Å². The molecule has 2 aliphatic rings. The second-order valence-electron chi connectivity index (χ2n) is 8.72. The van der Waals surface area contributed by atoms with Crippen LogP contribution in [0.2, 0.25) is 0 Å². The summed E-state index contributed by atoms with van der Waals surface area (Å²) in [5.74, 6) is 0.481. The third-order valence-electron chi connectivity index (χ3n) is 6.53. The van der Waals surface area contributed by atoms with Gasteiger partial charge in [-0.3, -0.25) is 0 Å². The number of benzene rings is 2. The van der Waals surface area contributed by atoms with Gasteiger partial charge in [0.25, 0.3) is 0 Å². The van der Waals surface area contributed by atoms with E-state index in [0.717, 1.165) is 17.7 Å². The van der Waals surface area contributed by atoms with E-state index >= 15 is 0 Å². The van der Waals surface area contributed by atoms with Crippen molar-refractivity contribution in [3.8, 4) is 0 Å². The quantitative estimate of drug-likeness (QED) is 0.334. The van der Waals surface area contributed by atoms with E-state index in [9.17, 15) is 0 Å². The molecule has 0 saturated heterocycles. The molecule has 4 rings (SSSR count). The third-order valence-corrected chi connectivity index (χ3v) is 7.58. The molecule has 166 valence electrons. The molecule has 0 bridgehead atoms. The summed E-state index contributed by atoms with van der Waals surface area (Å²) in [6, 6.07) is 17.1. The van der Waals surface area contributed by atoms with E-state index in [0.29, 0.717) is 12.0 Å². The summed E-state index contributed by atoms with van der Waals surface area (Å²) in [5.41, 5.74) is 6.35. The maximum absolute atomic E-state index is 5.75. The van der Waals surface area contributed by atoms with Crippen LogP contribution in [0.3, 0.4) is 0 Å². The number of nitrogens with zero attached hydrogens (tertiary/aromatic N) is 1. The van der Waals surface area contributed by atoms with Crippen LogP contribution in [-0.4, -0.2) is 20.3 Å². The van der Waals surface area contributed by atoms with Crippen LogP contribution in [0.15, 0.2) is 94.4 Å². The van der Waals surface area contributed by atoms with Crippen molar-refractivity contribution in [1.82, 2.24) is 0 Å². The first-order valence-electron chi connectivity index (χ1n) is 11.4. The second kappa shape index (κ2) is 10.4. The molecular weight excluding hydrogens is 410 g/mol. The van der Waals surface area contributed by atoms with E-state index in [2.05, 4.69) is 98.3 Å². The summed E-state index contributed by atoms with van der Waals surface area (Å²) in [5, 5.41) is 0. The maximum atomic E-state index is 5.75. The molecule has 3 heteroatoms. The largest absolute Gasteiger partial charge is 0.381 e. The number of hydrogen-bond acceptors (Lipinski definition) is 3. The SMILES string of the molecule is C=C(/C=C(/C=C1\C=Cc2ccccc2N1C)C1CCCC(OC)C1)Sc1ccccc1C. The molecule has 32 heavy (non-hydrogen) atoms. The third kappa shape index (κ3) is 5.28. The number of anilines is 1. The molecule has 0 aromatic heterocycles. The highest BCUT2D eigenvalue weighted by Gasteiger charge is 2.25. The Bertz CT molecular complexity index is 1060. The lowest BCUT2D eigenvalue weighted by Crippen LogP contribution is -2.24. The summed E-state index contributed by atoms with van der Waals surface area (Å²) in [4.78, 5) is 4.63. The summed E-state index contributed by atoms with van der Waals surface area (Å²) < 4.78 is 5.75. The molecule has 2 atom stereocenters. The van der Waals surface area contributed by atoms with E-state index in [1.54, 1.807) is 11.8 Å². The standard InChI is InChI=1S/C29H33NOS/c1-21-10-5-8-15-29(21)32-22(2)18-25(24-12-9-13-27(20-24)31-4)19-26-17-16-23-11-6-7-14-28(23)30(26)3/h5-8,10-11,14-19,24,27H,2,9,12-13,20H2,1,3-4H3/b25-18-,26-19+. The van der Waals surface area contributed by atoms with Crippen LogP contribution in [0.5, 0.6) is 0 Å². The topological polar surface area (TPSA) is 12.5 Å². The Morgan fingerprint density at radius 3 is 2.69 bits per heavy atom. The second-order valence-corrected chi connectivity index (χ2v) is 9.89. The fourth-order valence-corrected chi connectivity index (χ4v) is 5.50. The number of ether oxygens (including phenoxy) is 1. The fourth-order valence-electron chi connectivity index (χ4n) is 4.64. The summed E-state index contributed by atoms with van der Waals surface area (Å²) in [6.07, 6.45) is 14.1. The van der Waals surface area contributed by atoms with Crippen molar-refractivity contribution in [2.75, 3.05) is 19.1 Å². The zero-order valence-electron chi connectivity index (χ0n) is 19.4. The van der Waals surface area contributed by atoms with Crippen molar-refractivity contribution in [2.24, 2.45) is 5.92 Å². The molecule has 1 aliphatic heterocycles. The average Bonchev–Trinajstić information content (AvgIpc) is 2.82. The van der Waals surface area contributed by atoms with Crippen LogP contribution in [0.25, 0.3) is 6.08 Å². The molecule has 0 spiro atoms. The van der Waals surface area contributed by atoms with Gasteiger partial charge in [0, 0.05) is 35.3 Å². The Morgan fingerprint density at radius 1 is 1.09 bits per heavy atom. The normalized spacial score (nSPS) is 22.2. The van der Waals surface area contributed by atoms with E-state index in [4.69, 9.17) is 4.74 Å². The molecule has 1 aliphatic carbocycles. The molecule has 1 fully saturated rings. The zero-order valence-corrected chi connectivity index (χ0v) is 20.2. The van der Waals surface area contributed by atoms with E-state index in [-0.39, 0.29) is 0 Å². The molecule has 2 aromatic carbocycles. The lowest BCUT2D eigenvalue weighted by atomic mass is 9.81. The predicted octanol–water partition coefficient (Wildman–Crippen LogP) is 7.78. The number of methoxy groups -OCH3 is 1. The van der Waals surface area contributed by atoms with Gasteiger partial charge in [0.05, 0.1) is 6.10 Å². The van der Waals surface area contributed by atoms with Crippen molar-refractivity contribution < 1.29 is 4.74 Å². The van der Waals surface area contributed by atoms with Crippen LogP contribution in [-0.2, 0) is 4.74 Å². The molecule has 0 N–H and O–H groups in total. The monoisotopic (exact) mass is 443 g/mol. The van der Waals surface area contributed by atoms with Crippen LogP contribution >= 0.6 is 11.8 Å². The highest BCUT2D eigenvalue weighted by Crippen LogP contribution is 2.37. The van der Waals surface area contributed by atoms with E-state index in [1.807, 2.05) is 7.11 Å². The van der Waals surface area contributed by atoms with Crippen molar-refractivity contribution in [2.45, 2.75) is 43.6 Å². The Labute approximate surface area is 197 Å². The average molecular weight is 444 g/mol. The van der Waals surface area contributed by atoms with Gasteiger partial charge in [0.2, 0.25) is 0 Å². The first-order chi connectivity index (χ1) is 15.5. The van der Waals surface area contributed by atoms with E-state index < -0.39 is 0 Å². The van der Waals surface area contributed by atoms with Crippen molar-refractivity contribution in [1.29, 1.82) is 0 Å². The number of aryl methyl sites for hydroxylation is 1. The first-order valence-corrected chi connectivity index (χ1v) is 12.3. The van der Waals surface area contributed by atoms with Gasteiger partial charge in [-0.1, -0.05) is 67.2 Å². The Balaban J connectivity index is 1.65. The molecule has 2 nitrogen and oxygen atoms in total. The van der Waals surface area contributed by atoms with Gasteiger partial charge in [-0.25, -0.2) is 0 Å². The molecule has 1 heterocycles. The van der Waals surface area contributed by atoms with Gasteiger partial charge >= 0.3 is 0 Å². The van der Waals surface area contributed by atoms with Crippen molar-refractivity contribution in [3.05, 3.63) is 101 Å². The predicted molar refractivity (Wildman–Crippen MR) is 139 cm³/mol. The maximum Gasteiger partial charge on any atom is 0.0577 e. The molecule has 0 amide bonds.